The summed E-state index contributed by atoms with van der Waals surface area (Å²) in [6, 6.07) is 0.745. The van der Waals surface area contributed by atoms with Crippen molar-refractivity contribution in [2.24, 2.45) is 0 Å². The van der Waals surface area contributed by atoms with Gasteiger partial charge in [0.25, 0.3) is 0 Å². The molecule has 0 spiro atoms. The number of hydrogen-bond donors (Lipinski definition) is 2. The van der Waals surface area contributed by atoms with E-state index >= 15 is 0 Å². The van der Waals surface area contributed by atoms with Crippen molar-refractivity contribution in [1.29, 1.82) is 0 Å². The standard InChI is InChI=1S/C14H22N6O/c1-3-6-15-14-17-12-11(9-16-19-12)13(18-14)21-8-7-20(2)10-4-5-10/h9-10H,3-8H2,1-2H3,(H2,15,16,17,18,19). The van der Waals surface area contributed by atoms with Gasteiger partial charge in [-0.2, -0.15) is 15.1 Å². The minimum absolute atomic E-state index is 0.583. The van der Waals surface area contributed by atoms with Crippen molar-refractivity contribution in [3.63, 3.8) is 0 Å². The Morgan fingerprint density at radius 1 is 1.43 bits per heavy atom. The van der Waals surface area contributed by atoms with Crippen molar-refractivity contribution in [1.82, 2.24) is 25.1 Å². The lowest BCUT2D eigenvalue weighted by molar-refractivity contribution is 0.228. The van der Waals surface area contributed by atoms with Gasteiger partial charge in [-0.1, -0.05) is 6.92 Å². The Hall–Kier alpha value is -1.89. The Balaban J connectivity index is 1.67. The third-order valence-electron chi connectivity index (χ3n) is 3.66. The summed E-state index contributed by atoms with van der Waals surface area (Å²) in [5.74, 6) is 1.18. The summed E-state index contributed by atoms with van der Waals surface area (Å²) >= 11 is 0. The number of nitrogens with one attached hydrogen (secondary N) is 2. The minimum atomic E-state index is 0.583. The van der Waals surface area contributed by atoms with Gasteiger partial charge in [0.1, 0.15) is 12.0 Å². The maximum atomic E-state index is 5.85. The molecule has 0 amide bonds. The molecule has 2 aromatic rings. The molecule has 2 aromatic heterocycles. The summed E-state index contributed by atoms with van der Waals surface area (Å²) in [5, 5.41) is 10.9. The largest absolute Gasteiger partial charge is 0.476 e. The lowest BCUT2D eigenvalue weighted by atomic mass is 10.4. The number of hydrogen-bond acceptors (Lipinski definition) is 6. The van der Waals surface area contributed by atoms with Crippen LogP contribution in [0.2, 0.25) is 0 Å². The normalized spacial score (nSPS) is 14.8. The molecule has 1 fully saturated rings. The van der Waals surface area contributed by atoms with Crippen LogP contribution in [-0.2, 0) is 0 Å². The monoisotopic (exact) mass is 290 g/mol. The topological polar surface area (TPSA) is 79.0 Å². The molecule has 1 aliphatic rings. The van der Waals surface area contributed by atoms with E-state index in [1.165, 1.54) is 12.8 Å². The summed E-state index contributed by atoms with van der Waals surface area (Å²) in [6.45, 7) is 4.47. The van der Waals surface area contributed by atoms with E-state index in [0.717, 1.165) is 30.9 Å². The average molecular weight is 290 g/mol. The fraction of sp³-hybridized carbons (Fsp3) is 0.643. The summed E-state index contributed by atoms with van der Waals surface area (Å²) in [4.78, 5) is 11.2. The molecule has 0 unspecified atom stereocenters. The molecule has 0 aliphatic heterocycles. The number of likely N-dealkylation sites (N-methyl/N-ethyl adjacent to an activating group) is 1. The van der Waals surface area contributed by atoms with Gasteiger partial charge in [-0.15, -0.1) is 0 Å². The number of nitrogens with zero attached hydrogens (tertiary/aromatic N) is 4. The van der Waals surface area contributed by atoms with Crippen LogP contribution in [-0.4, -0.2) is 57.9 Å². The summed E-state index contributed by atoms with van der Waals surface area (Å²) < 4.78 is 5.85. The van der Waals surface area contributed by atoms with Gasteiger partial charge in [0.2, 0.25) is 11.8 Å². The van der Waals surface area contributed by atoms with E-state index in [9.17, 15) is 0 Å². The van der Waals surface area contributed by atoms with E-state index in [2.05, 4.69) is 44.4 Å². The van der Waals surface area contributed by atoms with Crippen molar-refractivity contribution >= 4 is 17.0 Å². The first-order valence-corrected chi connectivity index (χ1v) is 7.56. The minimum Gasteiger partial charge on any atom is -0.476 e. The van der Waals surface area contributed by atoms with Gasteiger partial charge in [-0.3, -0.25) is 5.10 Å². The Morgan fingerprint density at radius 3 is 3.05 bits per heavy atom. The molecule has 0 saturated heterocycles. The Labute approximate surface area is 124 Å². The van der Waals surface area contributed by atoms with Crippen molar-refractivity contribution < 1.29 is 4.74 Å². The van der Waals surface area contributed by atoms with Crippen LogP contribution in [0.1, 0.15) is 26.2 Å². The lowest BCUT2D eigenvalue weighted by Gasteiger charge is -2.16. The highest BCUT2D eigenvalue weighted by Gasteiger charge is 2.25. The molecule has 0 radical (unpaired) electrons. The third-order valence-corrected chi connectivity index (χ3v) is 3.66. The highest BCUT2D eigenvalue weighted by molar-refractivity contribution is 5.80. The van der Waals surface area contributed by atoms with Crippen molar-refractivity contribution in [3.8, 4) is 5.88 Å². The number of aromatic amines is 1. The summed E-state index contributed by atoms with van der Waals surface area (Å²) in [5.41, 5.74) is 0.703. The highest BCUT2D eigenvalue weighted by Crippen LogP contribution is 2.25. The lowest BCUT2D eigenvalue weighted by Crippen LogP contribution is -2.26. The molecular weight excluding hydrogens is 268 g/mol. The van der Waals surface area contributed by atoms with E-state index in [0.29, 0.717) is 24.1 Å². The molecule has 7 nitrogen and oxygen atoms in total. The SMILES string of the molecule is CCCNc1nc(OCCN(C)C2CC2)c2cn[nH]c2n1. The van der Waals surface area contributed by atoms with Crippen LogP contribution in [0.5, 0.6) is 5.88 Å². The average Bonchev–Trinajstić information content (AvgIpc) is 3.23. The van der Waals surface area contributed by atoms with E-state index < -0.39 is 0 Å². The van der Waals surface area contributed by atoms with Crippen molar-refractivity contribution in [2.45, 2.75) is 32.2 Å². The highest BCUT2D eigenvalue weighted by atomic mass is 16.5. The fourth-order valence-electron chi connectivity index (χ4n) is 2.22. The molecule has 2 heterocycles. The van der Waals surface area contributed by atoms with E-state index in [-0.39, 0.29) is 0 Å². The second-order valence-electron chi connectivity index (χ2n) is 5.47. The number of H-pyrrole nitrogens is 1. The molecule has 114 valence electrons. The van der Waals surface area contributed by atoms with Crippen molar-refractivity contribution in [3.05, 3.63) is 6.20 Å². The van der Waals surface area contributed by atoms with Gasteiger partial charge < -0.3 is 15.0 Å². The first kappa shape index (κ1) is 14.1. The van der Waals surface area contributed by atoms with E-state index in [1.54, 1.807) is 6.20 Å². The molecular formula is C14H22N6O. The number of aromatic nitrogens is 4. The van der Waals surface area contributed by atoms with Crippen LogP contribution in [0, 0.1) is 0 Å². The molecule has 1 saturated carbocycles. The van der Waals surface area contributed by atoms with Gasteiger partial charge in [-0.25, -0.2) is 0 Å². The van der Waals surface area contributed by atoms with Gasteiger partial charge in [-0.05, 0) is 26.3 Å². The Kier molecular flexibility index (Phi) is 4.19. The maximum Gasteiger partial charge on any atom is 0.229 e. The van der Waals surface area contributed by atoms with Crippen LogP contribution in [0.15, 0.2) is 6.20 Å². The number of rotatable bonds is 8. The van der Waals surface area contributed by atoms with Gasteiger partial charge >= 0.3 is 0 Å². The first-order valence-electron chi connectivity index (χ1n) is 7.56. The van der Waals surface area contributed by atoms with Gasteiger partial charge in [0, 0.05) is 19.1 Å². The van der Waals surface area contributed by atoms with Crippen LogP contribution >= 0.6 is 0 Å². The second kappa shape index (κ2) is 6.26. The van der Waals surface area contributed by atoms with Gasteiger partial charge in [0.05, 0.1) is 6.20 Å². The van der Waals surface area contributed by atoms with Crippen LogP contribution < -0.4 is 10.1 Å². The number of ether oxygens (including phenoxy) is 1. The van der Waals surface area contributed by atoms with Gasteiger partial charge in [0.15, 0.2) is 5.65 Å². The molecule has 0 bridgehead atoms. The summed E-state index contributed by atoms with van der Waals surface area (Å²) in [6.07, 6.45) is 5.34. The van der Waals surface area contributed by atoms with E-state index in [1.807, 2.05) is 0 Å². The van der Waals surface area contributed by atoms with Crippen LogP contribution in [0.3, 0.4) is 0 Å². The molecule has 1 aliphatic carbocycles. The molecule has 0 atom stereocenters. The van der Waals surface area contributed by atoms with E-state index in [4.69, 9.17) is 4.74 Å². The smallest absolute Gasteiger partial charge is 0.229 e. The maximum absolute atomic E-state index is 5.85. The molecule has 2 N–H and O–H groups in total. The Bertz CT molecular complexity index is 594. The fourth-order valence-corrected chi connectivity index (χ4v) is 2.22. The second-order valence-corrected chi connectivity index (χ2v) is 5.47. The molecule has 21 heavy (non-hydrogen) atoms. The zero-order valence-electron chi connectivity index (χ0n) is 12.6. The predicted octanol–water partition coefficient (Wildman–Crippen LogP) is 1.65. The first-order chi connectivity index (χ1) is 10.3. The summed E-state index contributed by atoms with van der Waals surface area (Å²) in [7, 11) is 2.14. The zero-order valence-corrected chi connectivity index (χ0v) is 12.6. The van der Waals surface area contributed by atoms with Crippen LogP contribution in [0.25, 0.3) is 11.0 Å². The Morgan fingerprint density at radius 2 is 2.29 bits per heavy atom. The van der Waals surface area contributed by atoms with Crippen LogP contribution in [0.4, 0.5) is 5.95 Å². The quantitative estimate of drug-likeness (QED) is 0.769. The molecule has 3 rings (SSSR count). The number of fused-ring (bicyclic) bond motifs is 1. The number of anilines is 1. The van der Waals surface area contributed by atoms with Crippen molar-refractivity contribution in [2.75, 3.05) is 32.1 Å². The third kappa shape index (κ3) is 3.41. The molecule has 0 aromatic carbocycles. The predicted molar refractivity (Wildman–Crippen MR) is 81.6 cm³/mol. The molecule has 7 heteroatoms. The zero-order chi connectivity index (χ0) is 14.7.